The Morgan fingerprint density at radius 3 is 2.60 bits per heavy atom. The predicted molar refractivity (Wildman–Crippen MR) is 78.2 cm³/mol. The molecule has 20 heavy (non-hydrogen) atoms. The fraction of sp³-hybridized carbons (Fsp3) is 0.647. The van der Waals surface area contributed by atoms with E-state index >= 15 is 0 Å². The first kappa shape index (κ1) is 13.7. The average Bonchev–Trinajstić information content (AvgIpc) is 2.76. The highest BCUT2D eigenvalue weighted by atomic mass is 16.5. The fourth-order valence-electron chi connectivity index (χ4n) is 3.55. The zero-order valence-electron chi connectivity index (χ0n) is 12.2. The molecule has 1 aliphatic heterocycles. The van der Waals surface area contributed by atoms with E-state index in [1.807, 2.05) is 18.2 Å². The Morgan fingerprint density at radius 2 is 1.90 bits per heavy atom. The maximum absolute atomic E-state index is 10.4. The van der Waals surface area contributed by atoms with Gasteiger partial charge in [-0.05, 0) is 37.0 Å². The van der Waals surface area contributed by atoms with E-state index in [0.717, 1.165) is 17.1 Å². The summed E-state index contributed by atoms with van der Waals surface area (Å²) in [5, 5.41) is 10.4. The van der Waals surface area contributed by atoms with Gasteiger partial charge in [-0.3, -0.25) is 0 Å². The van der Waals surface area contributed by atoms with Gasteiger partial charge in [0.2, 0.25) is 0 Å². The Morgan fingerprint density at radius 1 is 1.15 bits per heavy atom. The number of fused-ring (bicyclic) bond motifs is 1. The van der Waals surface area contributed by atoms with Crippen LogP contribution in [-0.4, -0.2) is 18.3 Å². The van der Waals surface area contributed by atoms with Gasteiger partial charge in [-0.1, -0.05) is 25.7 Å². The first-order chi connectivity index (χ1) is 9.78. The summed E-state index contributed by atoms with van der Waals surface area (Å²) in [5.41, 5.74) is 0.870. The molecule has 0 amide bonds. The number of ether oxygens (including phenoxy) is 2. The zero-order valence-corrected chi connectivity index (χ0v) is 12.2. The summed E-state index contributed by atoms with van der Waals surface area (Å²) < 4.78 is 11.4. The predicted octanol–water partition coefficient (Wildman–Crippen LogP) is 3.85. The molecule has 0 bridgehead atoms. The second-order valence-corrected chi connectivity index (χ2v) is 6.06. The smallest absolute Gasteiger partial charge is 0.125 e. The summed E-state index contributed by atoms with van der Waals surface area (Å²) in [5.74, 6) is 2.21. The topological polar surface area (TPSA) is 38.7 Å². The van der Waals surface area contributed by atoms with E-state index in [-0.39, 0.29) is 6.10 Å². The van der Waals surface area contributed by atoms with Gasteiger partial charge in [-0.15, -0.1) is 0 Å². The molecule has 0 aromatic heterocycles. The molecule has 2 unspecified atom stereocenters. The molecule has 3 rings (SSSR count). The number of aliphatic hydroxyl groups excluding tert-OH is 1. The van der Waals surface area contributed by atoms with Crippen molar-refractivity contribution < 1.29 is 14.6 Å². The number of aliphatic hydroxyl groups is 1. The summed E-state index contributed by atoms with van der Waals surface area (Å²) in [4.78, 5) is 0. The third kappa shape index (κ3) is 2.78. The molecule has 2 atom stereocenters. The minimum absolute atomic E-state index is 0.170. The largest absolute Gasteiger partial charge is 0.497 e. The molecule has 1 aliphatic carbocycles. The molecule has 0 spiro atoms. The molecule has 1 saturated carbocycles. The molecule has 3 heteroatoms. The Hall–Kier alpha value is -1.22. The van der Waals surface area contributed by atoms with Crippen LogP contribution in [0.3, 0.4) is 0 Å². The van der Waals surface area contributed by atoms with Crippen molar-refractivity contribution in [1.82, 2.24) is 0 Å². The van der Waals surface area contributed by atoms with Crippen molar-refractivity contribution in [2.45, 2.75) is 57.2 Å². The number of benzene rings is 1. The number of rotatable bonds is 2. The van der Waals surface area contributed by atoms with Gasteiger partial charge in [0.15, 0.2) is 0 Å². The third-order valence-corrected chi connectivity index (χ3v) is 4.74. The Kier molecular flexibility index (Phi) is 4.16. The summed E-state index contributed by atoms with van der Waals surface area (Å²) in [7, 11) is 1.64. The number of hydrogen-bond donors (Lipinski definition) is 1. The molecule has 1 aromatic rings. The molecular weight excluding hydrogens is 252 g/mol. The lowest BCUT2D eigenvalue weighted by molar-refractivity contribution is 0.0295. The van der Waals surface area contributed by atoms with E-state index in [0.29, 0.717) is 12.3 Å². The van der Waals surface area contributed by atoms with Crippen molar-refractivity contribution in [2.75, 3.05) is 7.11 Å². The number of hydrogen-bond acceptors (Lipinski definition) is 3. The minimum atomic E-state index is -0.429. The van der Waals surface area contributed by atoms with Gasteiger partial charge in [0.05, 0.1) is 13.2 Å². The zero-order chi connectivity index (χ0) is 13.9. The van der Waals surface area contributed by atoms with Gasteiger partial charge in [-0.2, -0.15) is 0 Å². The van der Waals surface area contributed by atoms with Gasteiger partial charge in [-0.25, -0.2) is 0 Å². The second kappa shape index (κ2) is 6.04. The van der Waals surface area contributed by atoms with Crippen LogP contribution in [0.1, 0.15) is 56.6 Å². The molecule has 3 nitrogen and oxygen atoms in total. The highest BCUT2D eigenvalue weighted by Gasteiger charge is 2.32. The first-order valence-corrected chi connectivity index (χ1v) is 7.80. The van der Waals surface area contributed by atoms with E-state index in [2.05, 4.69) is 0 Å². The summed E-state index contributed by atoms with van der Waals surface area (Å²) >= 11 is 0. The molecule has 110 valence electrons. The van der Waals surface area contributed by atoms with Crippen LogP contribution in [0.15, 0.2) is 18.2 Å². The quantitative estimate of drug-likeness (QED) is 0.834. The van der Waals surface area contributed by atoms with Crippen molar-refractivity contribution in [3.05, 3.63) is 23.8 Å². The molecule has 1 N–H and O–H groups in total. The lowest BCUT2D eigenvalue weighted by Gasteiger charge is -2.34. The molecule has 2 aliphatic rings. The van der Waals surface area contributed by atoms with Gasteiger partial charge in [0.1, 0.15) is 17.6 Å². The highest BCUT2D eigenvalue weighted by molar-refractivity contribution is 5.43. The average molecular weight is 276 g/mol. The van der Waals surface area contributed by atoms with Crippen LogP contribution in [0.25, 0.3) is 0 Å². The summed E-state index contributed by atoms with van der Waals surface area (Å²) in [6.07, 6.45) is 8.23. The van der Waals surface area contributed by atoms with Crippen LogP contribution < -0.4 is 9.47 Å². The second-order valence-electron chi connectivity index (χ2n) is 6.06. The first-order valence-electron chi connectivity index (χ1n) is 7.80. The monoisotopic (exact) mass is 276 g/mol. The van der Waals surface area contributed by atoms with E-state index in [9.17, 15) is 5.11 Å². The lowest BCUT2D eigenvalue weighted by atomic mass is 9.87. The van der Waals surface area contributed by atoms with Gasteiger partial charge < -0.3 is 14.6 Å². The minimum Gasteiger partial charge on any atom is -0.497 e. The van der Waals surface area contributed by atoms with Crippen LogP contribution in [0, 0.1) is 5.92 Å². The van der Waals surface area contributed by atoms with E-state index < -0.39 is 6.10 Å². The molecular formula is C17H24O3. The van der Waals surface area contributed by atoms with Crippen molar-refractivity contribution >= 4 is 0 Å². The van der Waals surface area contributed by atoms with E-state index in [4.69, 9.17) is 9.47 Å². The highest BCUT2D eigenvalue weighted by Crippen LogP contribution is 2.41. The SMILES string of the molecule is COc1ccc2c(c1)C(O)CC(C1CCCCCC1)O2. The Balaban J connectivity index is 1.77. The van der Waals surface area contributed by atoms with Crippen LogP contribution in [0.5, 0.6) is 11.5 Å². The van der Waals surface area contributed by atoms with Crippen molar-refractivity contribution in [3.63, 3.8) is 0 Å². The van der Waals surface area contributed by atoms with Crippen molar-refractivity contribution in [3.8, 4) is 11.5 Å². The third-order valence-electron chi connectivity index (χ3n) is 4.74. The van der Waals surface area contributed by atoms with Gasteiger partial charge in [0, 0.05) is 12.0 Å². The maximum atomic E-state index is 10.4. The molecule has 1 fully saturated rings. The standard InChI is InChI=1S/C17H24O3/c1-19-13-8-9-16-14(10-13)15(18)11-17(20-16)12-6-4-2-3-5-7-12/h8-10,12,15,17-18H,2-7,11H2,1H3. The van der Waals surface area contributed by atoms with Crippen LogP contribution >= 0.6 is 0 Å². The van der Waals surface area contributed by atoms with Gasteiger partial charge in [0.25, 0.3) is 0 Å². The van der Waals surface area contributed by atoms with Crippen LogP contribution in [0.2, 0.25) is 0 Å². The van der Waals surface area contributed by atoms with Crippen molar-refractivity contribution in [1.29, 1.82) is 0 Å². The Bertz CT molecular complexity index is 450. The van der Waals surface area contributed by atoms with Crippen molar-refractivity contribution in [2.24, 2.45) is 5.92 Å². The maximum Gasteiger partial charge on any atom is 0.125 e. The summed E-state index contributed by atoms with van der Waals surface area (Å²) in [6.45, 7) is 0. The molecule has 0 radical (unpaired) electrons. The van der Waals surface area contributed by atoms with Crippen LogP contribution in [0.4, 0.5) is 0 Å². The number of methoxy groups -OCH3 is 1. The normalized spacial score (nSPS) is 27.3. The van der Waals surface area contributed by atoms with E-state index in [1.54, 1.807) is 7.11 Å². The molecule has 1 heterocycles. The molecule has 1 aromatic carbocycles. The lowest BCUT2D eigenvalue weighted by Crippen LogP contribution is -2.32. The molecule has 0 saturated heterocycles. The Labute approximate surface area is 120 Å². The van der Waals surface area contributed by atoms with Crippen LogP contribution in [-0.2, 0) is 0 Å². The van der Waals surface area contributed by atoms with E-state index in [1.165, 1.54) is 38.5 Å². The van der Waals surface area contributed by atoms with Gasteiger partial charge >= 0.3 is 0 Å². The fourth-order valence-corrected chi connectivity index (χ4v) is 3.55. The summed E-state index contributed by atoms with van der Waals surface area (Å²) in [6, 6.07) is 5.73.